The van der Waals surface area contributed by atoms with Crippen molar-refractivity contribution >= 4 is 93.2 Å². The van der Waals surface area contributed by atoms with E-state index in [1.807, 2.05) is 96.9 Å². The van der Waals surface area contributed by atoms with Crippen molar-refractivity contribution in [3.05, 3.63) is 270 Å². The topological polar surface area (TPSA) is 482 Å². The summed E-state index contributed by atoms with van der Waals surface area (Å²) in [5.74, 6) is -14.6. The van der Waals surface area contributed by atoms with Gasteiger partial charge in [-0.1, -0.05) is 65.8 Å². The second kappa shape index (κ2) is 37.3. The van der Waals surface area contributed by atoms with E-state index in [4.69, 9.17) is 0 Å². The molecule has 0 amide bonds. The number of fused-ring (bicyclic) bond motifs is 3. The Labute approximate surface area is 750 Å². The largest absolute Gasteiger partial charge is 0.545 e. The minimum atomic E-state index is -1.40. The van der Waals surface area contributed by atoms with Gasteiger partial charge in [-0.25, -0.2) is 0 Å². The van der Waals surface area contributed by atoms with E-state index < -0.39 is 71.6 Å². The molecule has 13 rings (SSSR count). The summed E-state index contributed by atoms with van der Waals surface area (Å²) in [6.45, 7) is 56.8. The van der Waals surface area contributed by atoms with E-state index in [1.54, 1.807) is 102 Å². The van der Waals surface area contributed by atoms with Crippen LogP contribution in [0.25, 0.3) is 43.8 Å². The van der Waals surface area contributed by atoms with E-state index in [0.29, 0.717) is 105 Å². The lowest BCUT2D eigenvalue weighted by Crippen LogP contribution is -2.36. The van der Waals surface area contributed by atoms with Gasteiger partial charge < -0.3 is 119 Å². The number of benzene rings is 10. The molecule has 0 N–H and O–H groups in total. The zero-order valence-corrected chi connectivity index (χ0v) is 78.6. The lowest BCUT2D eigenvalue weighted by Gasteiger charge is -2.45. The summed E-state index contributed by atoms with van der Waals surface area (Å²) in [6.07, 6.45) is 0. The minimum absolute atomic E-state index is 0.0327. The van der Waals surface area contributed by atoms with Crippen molar-refractivity contribution in [2.45, 2.75) is 250 Å². The molecule has 0 saturated heterocycles. The molecular formula is C105H104O24-12. The van der Waals surface area contributed by atoms with Crippen LogP contribution < -0.4 is 61.3 Å². The molecule has 680 valence electrons. The average molecular weight is 1750 g/mol. The zero-order valence-electron chi connectivity index (χ0n) is 78.6. The number of rotatable bonds is 13. The van der Waals surface area contributed by atoms with Crippen LogP contribution in [0.2, 0.25) is 0 Å². The maximum Gasteiger partial charge on any atom is 0.0724 e. The number of hydrogen-bond acceptors (Lipinski definition) is 24. The lowest BCUT2D eigenvalue weighted by molar-refractivity contribution is -0.256. The molecule has 0 fully saturated rings. The molecule has 0 aliphatic heterocycles. The van der Waals surface area contributed by atoms with Gasteiger partial charge in [0.1, 0.15) is 0 Å². The summed E-state index contributed by atoms with van der Waals surface area (Å²) >= 11 is 0. The van der Waals surface area contributed by atoms with E-state index >= 15 is 0 Å². The van der Waals surface area contributed by atoms with Crippen LogP contribution in [0.1, 0.15) is 374 Å². The number of carboxylic acid groups (broad SMARTS) is 12. The van der Waals surface area contributed by atoms with E-state index in [9.17, 15) is 119 Å². The number of aromatic carboxylic acids is 12. The first-order chi connectivity index (χ1) is 59.5. The summed E-state index contributed by atoms with van der Waals surface area (Å²) in [6, 6.07) is 7.06. The summed E-state index contributed by atoms with van der Waals surface area (Å²) in [7, 11) is 0. The number of carbonyl (C=O) groups is 12. The third-order valence-electron chi connectivity index (χ3n) is 28.5. The summed E-state index contributed by atoms with van der Waals surface area (Å²) in [5.41, 5.74) is 28.7. The third kappa shape index (κ3) is 17.1. The standard InChI is InChI=1S/C26H30O4.C22H26O4.C18H20O4.C16H16O4.C14H16O4.C9H8O4/c1-9-10(2)18-14(6)22(26(29)30)16(8)20-12(4)11(3)19-15(7)21(25(27)28)13(5)17(9)23(19)24(18)20;1-9-13(5)19(21(23)24)14(6)10(2)17(9)18-11(3)15(7)20(22(25)26)16(8)12(18)4;1-7-9(3)15(17(19)20)12(6)14-8(2)10(4)16(18(21)22)11(5)13(7)14;1-7-5-11-12(6-8(7)2)14(16(19)20)10(4)9(3)13(11)15(17)18;1-5-6(2)10-9(5)11(13(15)16)7(3)8(4)12(10)14(17)18;1-5-2-6(8(10)11)4-7(3-5)9(12)13/h9-12H,1-8H3,(H,27,28)(H,29,30);1-8H3,(H,23,24)(H,25,26);1-6H3,(H,19,20)(H,21,22);5-6H,1-4H3,(H,17,18)(H,19,20);5-6H,1-4H3,(H,15,16)(H,17,18);2-4H,1H3,(H,10,11)(H,12,13)/p-12. The van der Waals surface area contributed by atoms with Crippen LogP contribution in [0.3, 0.4) is 0 Å². The highest BCUT2D eigenvalue weighted by Crippen LogP contribution is 2.61. The molecule has 3 aliphatic rings. The minimum Gasteiger partial charge on any atom is -0.545 e. The van der Waals surface area contributed by atoms with Gasteiger partial charge in [-0.3, -0.25) is 0 Å². The van der Waals surface area contributed by atoms with Crippen molar-refractivity contribution in [2.75, 3.05) is 0 Å². The molecule has 6 atom stereocenters. The normalized spacial score (nSPS) is 15.2. The molecule has 0 bridgehead atoms. The number of carboxylic acids is 12. The van der Waals surface area contributed by atoms with E-state index in [-0.39, 0.29) is 91.1 Å². The van der Waals surface area contributed by atoms with Gasteiger partial charge in [-0.05, 0) is 442 Å². The maximum atomic E-state index is 12.1. The molecule has 0 radical (unpaired) electrons. The smallest absolute Gasteiger partial charge is 0.0724 e. The second-order valence-corrected chi connectivity index (χ2v) is 35.0. The molecule has 129 heavy (non-hydrogen) atoms. The summed E-state index contributed by atoms with van der Waals surface area (Å²) in [5, 5.41) is 139. The number of hydrogen-bond donors (Lipinski definition) is 0. The van der Waals surface area contributed by atoms with Gasteiger partial charge in [-0.2, -0.15) is 0 Å². The fourth-order valence-electron chi connectivity index (χ4n) is 20.5. The Balaban J connectivity index is 0.000000194. The Hall–Kier alpha value is -13.6. The molecule has 10 aromatic carbocycles. The molecule has 24 nitrogen and oxygen atoms in total. The molecule has 0 spiro atoms. The van der Waals surface area contributed by atoms with Crippen LogP contribution >= 0.6 is 0 Å². The quantitative estimate of drug-likeness (QED) is 0.108. The first-order valence-electron chi connectivity index (χ1n) is 42.0. The molecule has 10 aromatic rings. The summed E-state index contributed by atoms with van der Waals surface area (Å²) < 4.78 is 0. The fraction of sp³-hybridized carbons (Fsp3) is 0.352. The van der Waals surface area contributed by atoms with Crippen molar-refractivity contribution < 1.29 is 119 Å². The predicted molar refractivity (Wildman–Crippen MR) is 465 cm³/mol. The van der Waals surface area contributed by atoms with Crippen LogP contribution in [-0.2, 0) is 0 Å². The van der Waals surface area contributed by atoms with Crippen LogP contribution in [0.5, 0.6) is 0 Å². The van der Waals surface area contributed by atoms with Crippen LogP contribution in [0.4, 0.5) is 0 Å². The highest BCUT2D eigenvalue weighted by Gasteiger charge is 2.44. The molecule has 0 heterocycles. The van der Waals surface area contributed by atoms with E-state index in [2.05, 4.69) is 27.7 Å². The highest BCUT2D eigenvalue weighted by atomic mass is 16.4. The van der Waals surface area contributed by atoms with Crippen LogP contribution in [-0.4, -0.2) is 71.6 Å². The maximum absolute atomic E-state index is 12.1. The first kappa shape index (κ1) is 101. The van der Waals surface area contributed by atoms with E-state index in [1.165, 1.54) is 12.1 Å². The molecule has 0 aromatic heterocycles. The Morgan fingerprint density at radius 1 is 0.178 bits per heavy atom. The van der Waals surface area contributed by atoms with Gasteiger partial charge >= 0.3 is 0 Å². The Morgan fingerprint density at radius 3 is 0.566 bits per heavy atom. The molecule has 3 aliphatic carbocycles. The van der Waals surface area contributed by atoms with Crippen molar-refractivity contribution in [2.24, 2.45) is 0 Å². The monoisotopic (exact) mass is 1750 g/mol. The first-order valence-corrected chi connectivity index (χ1v) is 42.0. The molecule has 24 heteroatoms. The highest BCUT2D eigenvalue weighted by molar-refractivity contribution is 6.13. The van der Waals surface area contributed by atoms with Gasteiger partial charge in [0.2, 0.25) is 0 Å². The Morgan fingerprint density at radius 2 is 0.357 bits per heavy atom. The Bertz CT molecular complexity index is 6150. The van der Waals surface area contributed by atoms with Crippen molar-refractivity contribution in [1.29, 1.82) is 0 Å². The zero-order chi connectivity index (χ0) is 98.4. The van der Waals surface area contributed by atoms with Gasteiger partial charge in [0.25, 0.3) is 0 Å². The van der Waals surface area contributed by atoms with Gasteiger partial charge in [0.15, 0.2) is 0 Å². The van der Waals surface area contributed by atoms with Crippen molar-refractivity contribution in [1.82, 2.24) is 0 Å². The van der Waals surface area contributed by atoms with Gasteiger partial charge in [-0.15, -0.1) is 0 Å². The molecule has 0 saturated carbocycles. The van der Waals surface area contributed by atoms with Crippen molar-refractivity contribution in [3.63, 3.8) is 0 Å². The molecule has 6 unspecified atom stereocenters. The lowest BCUT2D eigenvalue weighted by atomic mass is 9.59. The van der Waals surface area contributed by atoms with Crippen LogP contribution in [0, 0.1) is 173 Å². The van der Waals surface area contributed by atoms with Gasteiger partial charge in [0, 0.05) is 55.6 Å². The number of carbonyl (C=O) groups excluding carboxylic acids is 12. The third-order valence-corrected chi connectivity index (χ3v) is 28.5. The van der Waals surface area contributed by atoms with Gasteiger partial charge in [0.05, 0.1) is 71.6 Å². The van der Waals surface area contributed by atoms with E-state index in [0.717, 1.165) is 128 Å². The average Bonchev–Trinajstić information content (AvgIpc) is 0.686. The molecular weight excluding hydrogens is 1650 g/mol. The summed E-state index contributed by atoms with van der Waals surface area (Å²) in [4.78, 5) is 136. The Kier molecular flexibility index (Phi) is 29.2. The second-order valence-electron chi connectivity index (χ2n) is 35.0. The number of aryl methyl sites for hydroxylation is 7. The SMILES string of the molecule is Cc1c(C(=O)[O-])c(C)c2c(C)c(C)c(C(=O)[O-])c(C)c2c1C.Cc1c(C(=O)[O-])c(C)c2c3c1C(C)C(C)c1c(C)c(C(=O)[O-])c(C)c(c1-3)C(C)C2C.Cc1c(C)c(-c2c(C)c(C)c(C(=O)[O-])c(C)c2C)c(C)c(C)c1C(=O)[O-].Cc1c(C)c(C(=O)[O-])c2c(c1C(=O)[O-])C(C)C2C.Cc1cc(C(=O)[O-])cc(C(=O)[O-])c1.Cc1cc2c(C(=O)[O-])c(C)c(C)c(C(=O)[O-])c2cc1C. The van der Waals surface area contributed by atoms with Crippen molar-refractivity contribution in [3.8, 4) is 22.3 Å². The van der Waals surface area contributed by atoms with Crippen LogP contribution in [0.15, 0.2) is 30.3 Å². The predicted octanol–water partition coefficient (Wildman–Crippen LogP) is 7.49. The fourth-order valence-corrected chi connectivity index (χ4v) is 20.5.